The van der Waals surface area contributed by atoms with E-state index in [2.05, 4.69) is 21.2 Å². The third kappa shape index (κ3) is 4.04. The van der Waals surface area contributed by atoms with Crippen LogP contribution in [0.2, 0.25) is 0 Å². The van der Waals surface area contributed by atoms with Crippen LogP contribution in [0.15, 0.2) is 46.9 Å². The van der Waals surface area contributed by atoms with Crippen molar-refractivity contribution in [3.8, 4) is 11.8 Å². The summed E-state index contributed by atoms with van der Waals surface area (Å²) >= 11 is 3.29. The van der Waals surface area contributed by atoms with Gasteiger partial charge in [-0.15, -0.1) is 0 Å². The predicted molar refractivity (Wildman–Crippen MR) is 79.4 cm³/mol. The molecule has 2 rings (SSSR count). The van der Waals surface area contributed by atoms with E-state index >= 15 is 0 Å². The summed E-state index contributed by atoms with van der Waals surface area (Å²) in [5.74, 6) is -1.03. The molecule has 0 saturated carbocycles. The zero-order valence-corrected chi connectivity index (χ0v) is 12.4. The molecule has 0 unspecified atom stereocenters. The predicted octanol–water partition coefficient (Wildman–Crippen LogP) is 3.48. The maximum absolute atomic E-state index is 13.4. The quantitative estimate of drug-likeness (QED) is 0.919. The van der Waals surface area contributed by atoms with E-state index in [0.29, 0.717) is 5.69 Å². The molecule has 0 aliphatic rings. The SMILES string of the molecule is N#Cc1c(F)cccc1OCC(=O)Nc1ccc(Br)cc1. The van der Waals surface area contributed by atoms with Crippen molar-refractivity contribution in [3.05, 3.63) is 58.3 Å². The molecule has 1 N–H and O–H groups in total. The van der Waals surface area contributed by atoms with Crippen LogP contribution >= 0.6 is 15.9 Å². The minimum absolute atomic E-state index is 0.0449. The van der Waals surface area contributed by atoms with E-state index in [1.165, 1.54) is 12.1 Å². The zero-order chi connectivity index (χ0) is 15.2. The van der Waals surface area contributed by atoms with Gasteiger partial charge in [0.2, 0.25) is 0 Å². The Labute approximate surface area is 129 Å². The van der Waals surface area contributed by atoms with Gasteiger partial charge in [-0.2, -0.15) is 5.26 Å². The zero-order valence-electron chi connectivity index (χ0n) is 10.8. The lowest BCUT2D eigenvalue weighted by Crippen LogP contribution is -2.20. The molecule has 0 atom stereocenters. The second-order valence-corrected chi connectivity index (χ2v) is 4.98. The normalized spacial score (nSPS) is 9.76. The van der Waals surface area contributed by atoms with E-state index in [1.807, 2.05) is 0 Å². The van der Waals surface area contributed by atoms with Crippen molar-refractivity contribution >= 4 is 27.5 Å². The van der Waals surface area contributed by atoms with E-state index in [1.54, 1.807) is 30.3 Å². The van der Waals surface area contributed by atoms with Crippen LogP contribution in [0.25, 0.3) is 0 Å². The number of hydrogen-bond acceptors (Lipinski definition) is 3. The molecule has 0 saturated heterocycles. The van der Waals surface area contributed by atoms with Crippen molar-refractivity contribution in [1.82, 2.24) is 0 Å². The van der Waals surface area contributed by atoms with Gasteiger partial charge in [-0.05, 0) is 36.4 Å². The molecule has 21 heavy (non-hydrogen) atoms. The van der Waals surface area contributed by atoms with Crippen LogP contribution in [0.1, 0.15) is 5.56 Å². The molecule has 0 fully saturated rings. The number of nitrogens with zero attached hydrogens (tertiary/aromatic N) is 1. The molecule has 0 radical (unpaired) electrons. The first-order valence-corrected chi connectivity index (χ1v) is 6.76. The summed E-state index contributed by atoms with van der Waals surface area (Å²) in [5, 5.41) is 11.5. The molecule has 1 amide bonds. The minimum Gasteiger partial charge on any atom is -0.482 e. The van der Waals surface area contributed by atoms with Gasteiger partial charge in [0.05, 0.1) is 0 Å². The Morgan fingerprint density at radius 3 is 2.67 bits per heavy atom. The van der Waals surface area contributed by atoms with Crippen molar-refractivity contribution in [2.24, 2.45) is 0 Å². The average molecular weight is 349 g/mol. The Kier molecular flexibility index (Phi) is 4.90. The van der Waals surface area contributed by atoms with E-state index < -0.39 is 11.7 Å². The molecule has 0 aromatic heterocycles. The molecule has 0 aliphatic heterocycles. The fourth-order valence-electron chi connectivity index (χ4n) is 1.61. The van der Waals surface area contributed by atoms with Gasteiger partial charge in [0.15, 0.2) is 6.61 Å². The Morgan fingerprint density at radius 2 is 2.00 bits per heavy atom. The molecule has 6 heteroatoms. The van der Waals surface area contributed by atoms with Crippen LogP contribution in [0, 0.1) is 17.1 Å². The van der Waals surface area contributed by atoms with Crippen LogP contribution in [-0.2, 0) is 4.79 Å². The minimum atomic E-state index is -0.677. The number of ether oxygens (including phenoxy) is 1. The average Bonchev–Trinajstić information content (AvgIpc) is 2.47. The Morgan fingerprint density at radius 1 is 1.29 bits per heavy atom. The number of amides is 1. The highest BCUT2D eigenvalue weighted by atomic mass is 79.9. The second-order valence-electron chi connectivity index (χ2n) is 4.07. The first-order valence-electron chi connectivity index (χ1n) is 5.97. The largest absolute Gasteiger partial charge is 0.482 e. The van der Waals surface area contributed by atoms with E-state index in [0.717, 1.165) is 10.5 Å². The van der Waals surface area contributed by atoms with Crippen molar-refractivity contribution in [2.75, 3.05) is 11.9 Å². The summed E-state index contributed by atoms with van der Waals surface area (Å²) in [6.07, 6.45) is 0. The van der Waals surface area contributed by atoms with Crippen LogP contribution in [0.4, 0.5) is 10.1 Å². The standard InChI is InChI=1S/C15H10BrFN2O2/c16-10-4-6-11(7-5-10)19-15(20)9-21-14-3-1-2-13(17)12(14)8-18/h1-7H,9H2,(H,19,20). The number of halogens is 2. The van der Waals surface area contributed by atoms with Crippen LogP contribution in [0.3, 0.4) is 0 Å². The fraction of sp³-hybridized carbons (Fsp3) is 0.0667. The first kappa shape index (κ1) is 15.0. The molecular formula is C15H10BrFN2O2. The van der Waals surface area contributed by atoms with E-state index in [-0.39, 0.29) is 17.9 Å². The van der Waals surface area contributed by atoms with Gasteiger partial charge in [0.25, 0.3) is 5.91 Å². The topological polar surface area (TPSA) is 62.1 Å². The Hall–Kier alpha value is -2.39. The molecular weight excluding hydrogens is 339 g/mol. The smallest absolute Gasteiger partial charge is 0.262 e. The van der Waals surface area contributed by atoms with Gasteiger partial charge >= 0.3 is 0 Å². The van der Waals surface area contributed by atoms with Crippen LogP contribution in [-0.4, -0.2) is 12.5 Å². The molecule has 4 nitrogen and oxygen atoms in total. The number of hydrogen-bond donors (Lipinski definition) is 1. The van der Waals surface area contributed by atoms with Crippen molar-refractivity contribution in [2.45, 2.75) is 0 Å². The van der Waals surface area contributed by atoms with Gasteiger partial charge in [-0.25, -0.2) is 4.39 Å². The number of nitrogens with one attached hydrogen (secondary N) is 1. The summed E-state index contributed by atoms with van der Waals surface area (Å²) in [6.45, 7) is -0.311. The molecule has 2 aromatic carbocycles. The highest BCUT2D eigenvalue weighted by Crippen LogP contribution is 2.20. The number of carbonyl (C=O) groups excluding carboxylic acids is 1. The van der Waals surface area contributed by atoms with Crippen molar-refractivity contribution in [1.29, 1.82) is 5.26 Å². The summed E-state index contributed by atoms with van der Waals surface area (Å²) in [6, 6.07) is 12.8. The summed E-state index contributed by atoms with van der Waals surface area (Å²) in [5.41, 5.74) is 0.403. The van der Waals surface area contributed by atoms with Crippen LogP contribution < -0.4 is 10.1 Å². The highest BCUT2D eigenvalue weighted by Gasteiger charge is 2.10. The lowest BCUT2D eigenvalue weighted by atomic mass is 10.2. The Balaban J connectivity index is 1.97. The molecule has 0 spiro atoms. The molecule has 2 aromatic rings. The molecule has 0 aliphatic carbocycles. The monoisotopic (exact) mass is 348 g/mol. The van der Waals surface area contributed by atoms with E-state index in [4.69, 9.17) is 10.00 Å². The number of nitriles is 1. The lowest BCUT2D eigenvalue weighted by Gasteiger charge is -2.09. The van der Waals surface area contributed by atoms with Gasteiger partial charge in [-0.1, -0.05) is 22.0 Å². The van der Waals surface area contributed by atoms with Gasteiger partial charge in [-0.3, -0.25) is 4.79 Å². The molecule has 0 bridgehead atoms. The van der Waals surface area contributed by atoms with Crippen molar-refractivity contribution < 1.29 is 13.9 Å². The number of benzene rings is 2. The maximum atomic E-state index is 13.4. The molecule has 106 valence electrons. The number of carbonyl (C=O) groups is 1. The summed E-state index contributed by atoms with van der Waals surface area (Å²) in [4.78, 5) is 11.7. The van der Waals surface area contributed by atoms with Crippen LogP contribution in [0.5, 0.6) is 5.75 Å². The van der Waals surface area contributed by atoms with Crippen molar-refractivity contribution in [3.63, 3.8) is 0 Å². The second kappa shape index (κ2) is 6.86. The third-order valence-electron chi connectivity index (χ3n) is 2.57. The third-order valence-corrected chi connectivity index (χ3v) is 3.10. The van der Waals surface area contributed by atoms with Gasteiger partial charge in [0, 0.05) is 10.2 Å². The maximum Gasteiger partial charge on any atom is 0.262 e. The summed E-state index contributed by atoms with van der Waals surface area (Å²) < 4.78 is 19.4. The fourth-order valence-corrected chi connectivity index (χ4v) is 1.87. The molecule has 0 heterocycles. The van der Waals surface area contributed by atoms with Gasteiger partial charge in [0.1, 0.15) is 23.2 Å². The van der Waals surface area contributed by atoms with Gasteiger partial charge < -0.3 is 10.1 Å². The van der Waals surface area contributed by atoms with E-state index in [9.17, 15) is 9.18 Å². The number of anilines is 1. The first-order chi connectivity index (χ1) is 10.1. The summed E-state index contributed by atoms with van der Waals surface area (Å²) in [7, 11) is 0. The lowest BCUT2D eigenvalue weighted by molar-refractivity contribution is -0.118. The Bertz CT molecular complexity index is 696. The number of rotatable bonds is 4. The highest BCUT2D eigenvalue weighted by molar-refractivity contribution is 9.10.